The summed E-state index contributed by atoms with van der Waals surface area (Å²) in [4.78, 5) is 0.253. The molecule has 0 atom stereocenters. The second kappa shape index (κ2) is 4.32. The Morgan fingerprint density at radius 1 is 1.50 bits per heavy atom. The van der Waals surface area contributed by atoms with Crippen molar-refractivity contribution in [2.24, 2.45) is 11.1 Å². The molecule has 0 amide bonds. The predicted molar refractivity (Wildman–Crippen MR) is 68.4 cm³/mol. The molecule has 0 aromatic carbocycles. The highest BCUT2D eigenvalue weighted by molar-refractivity contribution is 7.89. The normalized spacial score (nSPS) is 20.4. The SMILES string of the molecule is Cc1[nH]nc(CN)c1S(=O)(=O)N1CCC(C)(C)C1. The zero-order valence-corrected chi connectivity index (χ0v) is 11.8. The lowest BCUT2D eigenvalue weighted by molar-refractivity contribution is 0.375. The van der Waals surface area contributed by atoms with Crippen LogP contribution >= 0.6 is 0 Å². The van der Waals surface area contributed by atoms with Gasteiger partial charge in [0.15, 0.2) is 0 Å². The Morgan fingerprint density at radius 3 is 2.67 bits per heavy atom. The van der Waals surface area contributed by atoms with Gasteiger partial charge in [-0.1, -0.05) is 13.8 Å². The maximum atomic E-state index is 12.6. The molecule has 0 radical (unpaired) electrons. The molecule has 1 aliphatic rings. The average molecular weight is 272 g/mol. The van der Waals surface area contributed by atoms with E-state index < -0.39 is 10.0 Å². The number of sulfonamides is 1. The van der Waals surface area contributed by atoms with Gasteiger partial charge in [0.25, 0.3) is 0 Å². The van der Waals surface area contributed by atoms with Crippen LogP contribution in [0.25, 0.3) is 0 Å². The molecule has 0 aliphatic carbocycles. The van der Waals surface area contributed by atoms with E-state index in [2.05, 4.69) is 24.0 Å². The van der Waals surface area contributed by atoms with Crippen LogP contribution in [0.5, 0.6) is 0 Å². The molecule has 1 aromatic heterocycles. The van der Waals surface area contributed by atoms with Crippen LogP contribution < -0.4 is 5.73 Å². The Hall–Kier alpha value is -0.920. The van der Waals surface area contributed by atoms with Crippen LogP contribution in [0, 0.1) is 12.3 Å². The second-order valence-corrected chi connectivity index (χ2v) is 7.46. The van der Waals surface area contributed by atoms with Crippen LogP contribution in [0.2, 0.25) is 0 Å². The molecule has 2 rings (SSSR count). The first kappa shape index (κ1) is 13.5. The van der Waals surface area contributed by atoms with E-state index in [0.29, 0.717) is 24.5 Å². The van der Waals surface area contributed by atoms with Gasteiger partial charge in [0.1, 0.15) is 4.90 Å². The monoisotopic (exact) mass is 272 g/mol. The molecular formula is C11H20N4O2S. The van der Waals surface area contributed by atoms with E-state index in [-0.39, 0.29) is 16.9 Å². The lowest BCUT2D eigenvalue weighted by Crippen LogP contribution is -2.31. The molecule has 7 heteroatoms. The lowest BCUT2D eigenvalue weighted by atomic mass is 9.93. The Morgan fingerprint density at radius 2 is 2.17 bits per heavy atom. The van der Waals surface area contributed by atoms with Gasteiger partial charge in [-0.3, -0.25) is 5.10 Å². The topological polar surface area (TPSA) is 92.1 Å². The Bertz CT molecular complexity index is 547. The summed E-state index contributed by atoms with van der Waals surface area (Å²) in [5.41, 5.74) is 6.55. The van der Waals surface area contributed by atoms with Crippen molar-refractivity contribution >= 4 is 10.0 Å². The number of nitrogens with zero attached hydrogens (tertiary/aromatic N) is 2. The van der Waals surface area contributed by atoms with E-state index >= 15 is 0 Å². The summed E-state index contributed by atoms with van der Waals surface area (Å²) in [6, 6.07) is 0. The number of hydrogen-bond donors (Lipinski definition) is 2. The first-order chi connectivity index (χ1) is 8.28. The van der Waals surface area contributed by atoms with Gasteiger partial charge in [-0.15, -0.1) is 0 Å². The maximum absolute atomic E-state index is 12.6. The number of aryl methyl sites for hydroxylation is 1. The van der Waals surface area contributed by atoms with Crippen molar-refractivity contribution in [3.8, 4) is 0 Å². The van der Waals surface area contributed by atoms with E-state index in [1.165, 1.54) is 4.31 Å². The second-order valence-electron chi connectivity index (χ2n) is 5.58. The highest BCUT2D eigenvalue weighted by atomic mass is 32.2. The van der Waals surface area contributed by atoms with Gasteiger partial charge in [-0.2, -0.15) is 9.40 Å². The van der Waals surface area contributed by atoms with Crippen LogP contribution in [0.4, 0.5) is 0 Å². The fraction of sp³-hybridized carbons (Fsp3) is 0.727. The first-order valence-corrected chi connectivity index (χ1v) is 7.46. The van der Waals surface area contributed by atoms with Crippen LogP contribution in [0.3, 0.4) is 0 Å². The zero-order valence-electron chi connectivity index (χ0n) is 11.0. The van der Waals surface area contributed by atoms with Gasteiger partial charge >= 0.3 is 0 Å². The Kier molecular flexibility index (Phi) is 3.25. The quantitative estimate of drug-likeness (QED) is 0.842. The van der Waals surface area contributed by atoms with Crippen LogP contribution in [-0.4, -0.2) is 36.0 Å². The number of nitrogens with one attached hydrogen (secondary N) is 1. The highest BCUT2D eigenvalue weighted by Gasteiger charge is 2.39. The fourth-order valence-corrected chi connectivity index (χ4v) is 4.32. The first-order valence-electron chi connectivity index (χ1n) is 6.02. The number of aromatic amines is 1. The van der Waals surface area contributed by atoms with Gasteiger partial charge in [-0.05, 0) is 18.8 Å². The van der Waals surface area contributed by atoms with E-state index in [1.54, 1.807) is 6.92 Å². The molecule has 1 aliphatic heterocycles. The molecule has 0 spiro atoms. The molecule has 1 fully saturated rings. The summed E-state index contributed by atoms with van der Waals surface area (Å²) in [7, 11) is -3.48. The van der Waals surface area contributed by atoms with Crippen molar-refractivity contribution in [2.45, 2.75) is 38.6 Å². The summed E-state index contributed by atoms with van der Waals surface area (Å²) in [6.07, 6.45) is 0.876. The van der Waals surface area contributed by atoms with Crippen molar-refractivity contribution in [1.82, 2.24) is 14.5 Å². The van der Waals surface area contributed by atoms with Gasteiger partial charge in [-0.25, -0.2) is 8.42 Å². The molecule has 6 nitrogen and oxygen atoms in total. The van der Waals surface area contributed by atoms with Crippen molar-refractivity contribution < 1.29 is 8.42 Å². The zero-order chi connectivity index (χ0) is 13.6. The smallest absolute Gasteiger partial charge is 0.246 e. The number of nitrogens with two attached hydrogens (primary N) is 1. The van der Waals surface area contributed by atoms with Crippen molar-refractivity contribution in [2.75, 3.05) is 13.1 Å². The van der Waals surface area contributed by atoms with Crippen LogP contribution in [0.15, 0.2) is 4.90 Å². The van der Waals surface area contributed by atoms with Gasteiger partial charge < -0.3 is 5.73 Å². The standard InChI is InChI=1S/C11H20N4O2S/c1-8-10(9(6-12)14-13-8)18(16,17)15-5-4-11(2,3)7-15/h4-7,12H2,1-3H3,(H,13,14). The van der Waals surface area contributed by atoms with Crippen molar-refractivity contribution in [3.63, 3.8) is 0 Å². The minimum Gasteiger partial charge on any atom is -0.325 e. The summed E-state index contributed by atoms with van der Waals surface area (Å²) < 4.78 is 26.7. The molecule has 0 unspecified atom stereocenters. The van der Waals surface area contributed by atoms with Gasteiger partial charge in [0, 0.05) is 19.6 Å². The molecule has 2 heterocycles. The summed E-state index contributed by atoms with van der Waals surface area (Å²) in [6.45, 7) is 7.09. The summed E-state index contributed by atoms with van der Waals surface area (Å²) in [5.74, 6) is 0. The summed E-state index contributed by atoms with van der Waals surface area (Å²) >= 11 is 0. The minimum absolute atomic E-state index is 0.0353. The molecular weight excluding hydrogens is 252 g/mol. The predicted octanol–water partition coefficient (Wildman–Crippen LogP) is 0.597. The van der Waals surface area contributed by atoms with Crippen molar-refractivity contribution in [1.29, 1.82) is 0 Å². The van der Waals surface area contributed by atoms with E-state index in [9.17, 15) is 8.42 Å². The van der Waals surface area contributed by atoms with Gasteiger partial charge in [0.2, 0.25) is 10.0 Å². The fourth-order valence-electron chi connectivity index (χ4n) is 2.35. The van der Waals surface area contributed by atoms with E-state index in [4.69, 9.17) is 5.73 Å². The largest absolute Gasteiger partial charge is 0.325 e. The third-order valence-corrected chi connectivity index (χ3v) is 5.44. The lowest BCUT2D eigenvalue weighted by Gasteiger charge is -2.19. The number of aromatic nitrogens is 2. The van der Waals surface area contributed by atoms with E-state index in [0.717, 1.165) is 6.42 Å². The third-order valence-electron chi connectivity index (χ3n) is 3.39. The molecule has 18 heavy (non-hydrogen) atoms. The Balaban J connectivity index is 2.40. The summed E-state index contributed by atoms with van der Waals surface area (Å²) in [5, 5.41) is 6.66. The molecule has 1 aromatic rings. The molecule has 3 N–H and O–H groups in total. The molecule has 1 saturated heterocycles. The van der Waals surface area contributed by atoms with E-state index in [1.807, 2.05) is 0 Å². The minimum atomic E-state index is -3.48. The van der Waals surface area contributed by atoms with Gasteiger partial charge in [0.05, 0.1) is 11.4 Å². The molecule has 0 saturated carbocycles. The average Bonchev–Trinajstić information content (AvgIpc) is 2.81. The maximum Gasteiger partial charge on any atom is 0.246 e. The molecule has 0 bridgehead atoms. The number of rotatable bonds is 3. The Labute approximate surface area is 108 Å². The third kappa shape index (κ3) is 2.17. The van der Waals surface area contributed by atoms with Crippen LogP contribution in [-0.2, 0) is 16.6 Å². The van der Waals surface area contributed by atoms with Crippen LogP contribution in [0.1, 0.15) is 31.7 Å². The van der Waals surface area contributed by atoms with Crippen molar-refractivity contribution in [3.05, 3.63) is 11.4 Å². The molecule has 102 valence electrons. The highest BCUT2D eigenvalue weighted by Crippen LogP contribution is 2.33. The number of H-pyrrole nitrogens is 1. The number of hydrogen-bond acceptors (Lipinski definition) is 4.